The Labute approximate surface area is 115 Å². The number of nitrogens with one attached hydrogen (secondary N) is 1. The van der Waals surface area contributed by atoms with E-state index in [4.69, 9.17) is 5.11 Å². The lowest BCUT2D eigenvalue weighted by molar-refractivity contribution is -0.131. The SMILES string of the molecule is CCCC1SC(C(=O)O)=CN1CC.CCNCC. The van der Waals surface area contributed by atoms with Crippen molar-refractivity contribution in [3.05, 3.63) is 11.1 Å². The third-order valence-corrected chi connectivity index (χ3v) is 3.84. The Morgan fingerprint density at radius 1 is 1.39 bits per heavy atom. The highest BCUT2D eigenvalue weighted by Gasteiger charge is 2.26. The number of carboxylic acids is 1. The Balaban J connectivity index is 0.000000494. The number of rotatable bonds is 6. The standard InChI is InChI=1S/C9H15NO2S.C4H11N/c1-3-5-8-10(4-2)6-7(13-8)9(11)12;1-3-5-4-2/h6,8H,3-5H2,1-2H3,(H,11,12);5H,3-4H2,1-2H3. The van der Waals surface area contributed by atoms with Gasteiger partial charge in [0.05, 0.1) is 5.37 Å². The Morgan fingerprint density at radius 3 is 2.33 bits per heavy atom. The van der Waals surface area contributed by atoms with Gasteiger partial charge >= 0.3 is 5.97 Å². The highest BCUT2D eigenvalue weighted by atomic mass is 32.2. The maximum Gasteiger partial charge on any atom is 0.343 e. The number of thioether (sulfide) groups is 1. The minimum absolute atomic E-state index is 0.334. The summed E-state index contributed by atoms with van der Waals surface area (Å²) < 4.78 is 0. The van der Waals surface area contributed by atoms with E-state index in [2.05, 4.69) is 31.0 Å². The molecule has 1 atom stereocenters. The van der Waals surface area contributed by atoms with Crippen LogP contribution in [0.4, 0.5) is 0 Å². The van der Waals surface area contributed by atoms with Gasteiger partial charge in [-0.1, -0.05) is 39.0 Å². The molecule has 1 rings (SSSR count). The predicted molar refractivity (Wildman–Crippen MR) is 78.6 cm³/mol. The largest absolute Gasteiger partial charge is 0.477 e. The van der Waals surface area contributed by atoms with Crippen molar-refractivity contribution in [3.8, 4) is 0 Å². The van der Waals surface area contributed by atoms with Crippen LogP contribution in [0.3, 0.4) is 0 Å². The second kappa shape index (κ2) is 10.3. The number of aliphatic carboxylic acids is 1. The Kier molecular flexibility index (Phi) is 9.87. The van der Waals surface area contributed by atoms with Crippen molar-refractivity contribution < 1.29 is 9.90 Å². The molecule has 0 saturated carbocycles. The monoisotopic (exact) mass is 274 g/mol. The van der Waals surface area contributed by atoms with E-state index in [1.54, 1.807) is 6.20 Å². The molecule has 106 valence electrons. The molecule has 0 spiro atoms. The normalized spacial score (nSPS) is 18.1. The lowest BCUT2D eigenvalue weighted by Gasteiger charge is -2.21. The van der Waals surface area contributed by atoms with Crippen LogP contribution >= 0.6 is 11.8 Å². The summed E-state index contributed by atoms with van der Waals surface area (Å²) in [6.45, 7) is 11.4. The first-order valence-electron chi connectivity index (χ1n) is 6.68. The molecule has 18 heavy (non-hydrogen) atoms. The van der Waals surface area contributed by atoms with Crippen LogP contribution in [0, 0.1) is 0 Å². The van der Waals surface area contributed by atoms with Gasteiger partial charge in [0.15, 0.2) is 0 Å². The van der Waals surface area contributed by atoms with Crippen LogP contribution in [0.2, 0.25) is 0 Å². The molecule has 2 N–H and O–H groups in total. The Morgan fingerprint density at radius 2 is 2.00 bits per heavy atom. The fourth-order valence-corrected chi connectivity index (χ4v) is 2.89. The average molecular weight is 274 g/mol. The second-order valence-corrected chi connectivity index (χ2v) is 5.17. The van der Waals surface area contributed by atoms with Crippen LogP contribution in [0.25, 0.3) is 0 Å². The van der Waals surface area contributed by atoms with E-state index >= 15 is 0 Å². The average Bonchev–Trinajstić information content (AvgIpc) is 2.75. The second-order valence-electron chi connectivity index (χ2n) is 3.95. The minimum Gasteiger partial charge on any atom is -0.477 e. The van der Waals surface area contributed by atoms with E-state index in [9.17, 15) is 4.79 Å². The first-order valence-corrected chi connectivity index (χ1v) is 7.56. The van der Waals surface area contributed by atoms with Gasteiger partial charge in [0.2, 0.25) is 0 Å². The van der Waals surface area contributed by atoms with Gasteiger partial charge in [0, 0.05) is 12.7 Å². The van der Waals surface area contributed by atoms with Crippen LogP contribution in [-0.4, -0.2) is 41.0 Å². The summed E-state index contributed by atoms with van der Waals surface area (Å²) in [5.41, 5.74) is 0. The molecule has 0 amide bonds. The molecule has 1 unspecified atom stereocenters. The third kappa shape index (κ3) is 6.31. The van der Waals surface area contributed by atoms with Gasteiger partial charge in [-0.15, -0.1) is 0 Å². The molecule has 0 aromatic carbocycles. The fourth-order valence-electron chi connectivity index (χ4n) is 1.60. The van der Waals surface area contributed by atoms with Crippen molar-refractivity contribution in [1.82, 2.24) is 10.2 Å². The molecular weight excluding hydrogens is 248 g/mol. The lowest BCUT2D eigenvalue weighted by Crippen LogP contribution is -2.23. The van der Waals surface area contributed by atoms with Crippen LogP contribution in [-0.2, 0) is 4.79 Å². The van der Waals surface area contributed by atoms with Crippen LogP contribution < -0.4 is 5.32 Å². The molecule has 0 fully saturated rings. The highest BCUT2D eigenvalue weighted by molar-refractivity contribution is 8.04. The van der Waals surface area contributed by atoms with E-state index in [-0.39, 0.29) is 0 Å². The molecule has 0 aliphatic carbocycles. The fraction of sp³-hybridized carbons (Fsp3) is 0.769. The minimum atomic E-state index is -0.804. The first-order chi connectivity index (χ1) is 8.60. The van der Waals surface area contributed by atoms with E-state index in [1.165, 1.54) is 11.8 Å². The maximum atomic E-state index is 10.7. The Hall–Kier alpha value is -0.680. The van der Waals surface area contributed by atoms with Crippen molar-refractivity contribution >= 4 is 17.7 Å². The van der Waals surface area contributed by atoms with Gasteiger partial charge < -0.3 is 15.3 Å². The van der Waals surface area contributed by atoms with E-state index in [0.29, 0.717) is 10.3 Å². The van der Waals surface area contributed by atoms with Gasteiger partial charge in [0.1, 0.15) is 4.91 Å². The molecular formula is C13H26N2O2S. The van der Waals surface area contributed by atoms with Crippen molar-refractivity contribution in [3.63, 3.8) is 0 Å². The summed E-state index contributed by atoms with van der Waals surface area (Å²) in [6.07, 6.45) is 3.90. The number of carboxylic acid groups (broad SMARTS) is 1. The van der Waals surface area contributed by atoms with E-state index in [0.717, 1.165) is 32.5 Å². The summed E-state index contributed by atoms with van der Waals surface area (Å²) in [5.74, 6) is -0.804. The molecule has 0 radical (unpaired) electrons. The lowest BCUT2D eigenvalue weighted by atomic mass is 10.3. The van der Waals surface area contributed by atoms with Gasteiger partial charge in [-0.3, -0.25) is 0 Å². The predicted octanol–water partition coefficient (Wildman–Crippen LogP) is 2.72. The molecule has 0 aromatic rings. The zero-order valence-electron chi connectivity index (χ0n) is 11.9. The van der Waals surface area contributed by atoms with Crippen LogP contribution in [0.5, 0.6) is 0 Å². The van der Waals surface area contributed by atoms with Gasteiger partial charge in [-0.2, -0.15) is 0 Å². The topological polar surface area (TPSA) is 52.6 Å². The first kappa shape index (κ1) is 17.3. The van der Waals surface area contributed by atoms with Crippen LogP contribution in [0.1, 0.15) is 40.5 Å². The van der Waals surface area contributed by atoms with Crippen molar-refractivity contribution in [2.24, 2.45) is 0 Å². The summed E-state index contributed by atoms with van der Waals surface area (Å²) in [7, 11) is 0. The van der Waals surface area contributed by atoms with Crippen molar-refractivity contribution in [1.29, 1.82) is 0 Å². The molecule has 1 aliphatic rings. The third-order valence-electron chi connectivity index (χ3n) is 2.53. The molecule has 0 aromatic heterocycles. The van der Waals surface area contributed by atoms with E-state index < -0.39 is 5.97 Å². The summed E-state index contributed by atoms with van der Waals surface area (Å²) in [4.78, 5) is 13.3. The van der Waals surface area contributed by atoms with Gasteiger partial charge in [-0.05, 0) is 26.4 Å². The molecule has 5 heteroatoms. The Bertz CT molecular complexity index is 268. The molecule has 1 heterocycles. The number of nitrogens with zero attached hydrogens (tertiary/aromatic N) is 1. The number of carbonyl (C=O) groups is 1. The zero-order valence-corrected chi connectivity index (χ0v) is 12.7. The van der Waals surface area contributed by atoms with Gasteiger partial charge in [-0.25, -0.2) is 4.79 Å². The zero-order chi connectivity index (χ0) is 14.0. The number of hydrogen-bond donors (Lipinski definition) is 2. The summed E-state index contributed by atoms with van der Waals surface area (Å²) in [5, 5.41) is 12.2. The summed E-state index contributed by atoms with van der Waals surface area (Å²) >= 11 is 1.46. The molecule has 1 aliphatic heterocycles. The molecule has 0 bridgehead atoms. The van der Waals surface area contributed by atoms with Gasteiger partial charge in [0.25, 0.3) is 0 Å². The number of hydrogen-bond acceptors (Lipinski definition) is 4. The van der Waals surface area contributed by atoms with Crippen molar-refractivity contribution in [2.45, 2.75) is 45.9 Å². The maximum absolute atomic E-state index is 10.7. The van der Waals surface area contributed by atoms with Crippen LogP contribution in [0.15, 0.2) is 11.1 Å². The quantitative estimate of drug-likeness (QED) is 0.780. The van der Waals surface area contributed by atoms with E-state index in [1.807, 2.05) is 6.92 Å². The smallest absolute Gasteiger partial charge is 0.343 e. The highest BCUT2D eigenvalue weighted by Crippen LogP contribution is 2.34. The molecule has 4 nitrogen and oxygen atoms in total. The molecule has 0 saturated heterocycles. The van der Waals surface area contributed by atoms with Crippen molar-refractivity contribution in [2.75, 3.05) is 19.6 Å². The summed E-state index contributed by atoms with van der Waals surface area (Å²) in [6, 6.07) is 0.